The summed E-state index contributed by atoms with van der Waals surface area (Å²) in [7, 11) is 3.07. The van der Waals surface area contributed by atoms with Gasteiger partial charge in [0, 0.05) is 62.9 Å². The van der Waals surface area contributed by atoms with Gasteiger partial charge in [0.2, 0.25) is 11.8 Å². The van der Waals surface area contributed by atoms with E-state index < -0.39 is 0 Å². The maximum atomic E-state index is 12.7. The van der Waals surface area contributed by atoms with Gasteiger partial charge >= 0.3 is 0 Å². The molecule has 0 aliphatic carbocycles. The molecule has 16 nitrogen and oxygen atoms in total. The highest BCUT2D eigenvalue weighted by atomic mass is 35.5. The van der Waals surface area contributed by atoms with E-state index in [-0.39, 0.29) is 18.2 Å². The van der Waals surface area contributed by atoms with E-state index in [0.29, 0.717) is 147 Å². The predicted octanol–water partition coefficient (Wildman–Crippen LogP) is 4.44. The molecule has 0 bridgehead atoms. The Morgan fingerprint density at radius 1 is 0.772 bits per heavy atom. The van der Waals surface area contributed by atoms with E-state index in [1.807, 2.05) is 4.90 Å². The van der Waals surface area contributed by atoms with E-state index in [2.05, 4.69) is 21.3 Å². The number of hydrogen-bond acceptors (Lipinski definition) is 14. The summed E-state index contributed by atoms with van der Waals surface area (Å²) < 4.78 is 44.3. The molecule has 2 amide bonds. The average molecular weight is 836 g/mol. The number of anilines is 2. The van der Waals surface area contributed by atoms with Gasteiger partial charge in [-0.3, -0.25) is 19.5 Å². The molecule has 0 saturated carbocycles. The van der Waals surface area contributed by atoms with Crippen LogP contribution < -0.4 is 25.3 Å². The molecule has 0 spiro atoms. The van der Waals surface area contributed by atoms with Crippen LogP contribution in [0.4, 0.5) is 11.4 Å². The molecule has 0 unspecified atom stereocenters. The number of methoxy groups -OCH3 is 2. The van der Waals surface area contributed by atoms with Crippen LogP contribution in [0.25, 0.3) is 10.9 Å². The standard InChI is InChI=1S/C39H52Cl2N6O10/c1-50-34-25-33(30(40)23-31(34)41)45-39-28(26-42)27-44-32-24-36(35(51-2)22-29(32)39)57-11-3-6-46-7-9-47(10-8-46)38(49)5-13-53-15-17-55-19-21-56-20-18-54-16-14-52-12-4-37(43)48/h22-25,27H,3-21H2,1-2H3,(H2,43,48)(H,44,45). The highest BCUT2D eigenvalue weighted by Crippen LogP contribution is 2.40. The van der Waals surface area contributed by atoms with Crippen molar-refractivity contribution < 1.29 is 47.5 Å². The van der Waals surface area contributed by atoms with Crippen LogP contribution in [-0.4, -0.2) is 146 Å². The Morgan fingerprint density at radius 3 is 1.95 bits per heavy atom. The molecule has 1 aromatic heterocycles. The molecule has 1 aliphatic heterocycles. The predicted molar refractivity (Wildman–Crippen MR) is 215 cm³/mol. The van der Waals surface area contributed by atoms with Gasteiger partial charge in [0.25, 0.3) is 0 Å². The Hall–Kier alpha value is -4.18. The van der Waals surface area contributed by atoms with Gasteiger partial charge in [0.05, 0.1) is 126 Å². The first-order chi connectivity index (χ1) is 27.7. The zero-order valence-corrected chi connectivity index (χ0v) is 34.0. The van der Waals surface area contributed by atoms with Gasteiger partial charge in [-0.25, -0.2) is 0 Å². The zero-order chi connectivity index (χ0) is 40.8. The van der Waals surface area contributed by atoms with Crippen LogP contribution in [0.2, 0.25) is 10.0 Å². The van der Waals surface area contributed by atoms with Crippen LogP contribution in [0.3, 0.4) is 0 Å². The van der Waals surface area contributed by atoms with Gasteiger partial charge in [0.15, 0.2) is 11.5 Å². The molecule has 0 radical (unpaired) electrons. The molecule has 1 fully saturated rings. The van der Waals surface area contributed by atoms with Crippen LogP contribution in [0.5, 0.6) is 17.2 Å². The number of nitrogens with two attached hydrogens (primary N) is 1. The van der Waals surface area contributed by atoms with Crippen molar-refractivity contribution in [1.82, 2.24) is 14.8 Å². The second-order valence-electron chi connectivity index (χ2n) is 12.7. The smallest absolute Gasteiger partial charge is 0.224 e. The maximum absolute atomic E-state index is 12.7. The Balaban J connectivity index is 1.08. The molecule has 57 heavy (non-hydrogen) atoms. The maximum Gasteiger partial charge on any atom is 0.224 e. The van der Waals surface area contributed by atoms with Crippen LogP contribution in [0, 0.1) is 11.3 Å². The highest BCUT2D eigenvalue weighted by molar-refractivity contribution is 6.37. The minimum absolute atomic E-state index is 0.0833. The molecule has 2 aromatic carbocycles. The van der Waals surface area contributed by atoms with E-state index in [1.165, 1.54) is 13.3 Å². The third-order valence-electron chi connectivity index (χ3n) is 8.82. The Bertz CT molecular complexity index is 1770. The van der Waals surface area contributed by atoms with Crippen LogP contribution in [0.1, 0.15) is 24.8 Å². The summed E-state index contributed by atoms with van der Waals surface area (Å²) >= 11 is 12.7. The number of aromatic nitrogens is 1. The lowest BCUT2D eigenvalue weighted by Gasteiger charge is -2.34. The Kier molecular flexibility index (Phi) is 20.2. The van der Waals surface area contributed by atoms with Crippen molar-refractivity contribution in [2.75, 3.05) is 125 Å². The van der Waals surface area contributed by atoms with Gasteiger partial charge in [-0.1, -0.05) is 23.2 Å². The van der Waals surface area contributed by atoms with Crippen LogP contribution in [0.15, 0.2) is 30.5 Å². The summed E-state index contributed by atoms with van der Waals surface area (Å²) in [5, 5.41) is 14.5. The van der Waals surface area contributed by atoms with Crippen molar-refractivity contribution >= 4 is 57.3 Å². The monoisotopic (exact) mass is 834 g/mol. The van der Waals surface area contributed by atoms with Crippen LogP contribution >= 0.6 is 23.2 Å². The summed E-state index contributed by atoms with van der Waals surface area (Å²) in [6.07, 6.45) is 2.80. The number of nitriles is 1. The molecule has 0 atom stereocenters. The largest absolute Gasteiger partial charge is 0.495 e. The summed E-state index contributed by atoms with van der Waals surface area (Å²) in [5.74, 6) is 1.16. The summed E-state index contributed by atoms with van der Waals surface area (Å²) in [6.45, 7) is 8.21. The van der Waals surface area contributed by atoms with Gasteiger partial charge in [0.1, 0.15) is 11.8 Å². The van der Waals surface area contributed by atoms with Gasteiger partial charge in [-0.2, -0.15) is 5.26 Å². The number of primary amides is 1. The lowest BCUT2D eigenvalue weighted by molar-refractivity contribution is -0.134. The van der Waals surface area contributed by atoms with Gasteiger partial charge < -0.3 is 53.8 Å². The van der Waals surface area contributed by atoms with E-state index in [1.54, 1.807) is 31.4 Å². The molecule has 18 heteroatoms. The number of nitrogens with one attached hydrogen (secondary N) is 1. The third-order valence-corrected chi connectivity index (χ3v) is 9.43. The van der Waals surface area contributed by atoms with Crippen molar-refractivity contribution in [3.05, 3.63) is 46.1 Å². The first kappa shape index (κ1) is 45.5. The van der Waals surface area contributed by atoms with Gasteiger partial charge in [-0.15, -0.1) is 0 Å². The number of halogens is 2. The number of rotatable bonds is 27. The normalized spacial score (nSPS) is 13.1. The lowest BCUT2D eigenvalue weighted by Crippen LogP contribution is -2.49. The summed E-state index contributed by atoms with van der Waals surface area (Å²) in [4.78, 5) is 32.0. The molecular formula is C39H52Cl2N6O10. The first-order valence-corrected chi connectivity index (χ1v) is 19.5. The van der Waals surface area contributed by atoms with Crippen molar-refractivity contribution in [2.24, 2.45) is 5.73 Å². The quantitative estimate of drug-likeness (QED) is 0.103. The van der Waals surface area contributed by atoms with Crippen molar-refractivity contribution in [2.45, 2.75) is 19.3 Å². The molecule has 312 valence electrons. The van der Waals surface area contributed by atoms with E-state index in [0.717, 1.165) is 26.1 Å². The summed E-state index contributed by atoms with van der Waals surface area (Å²) in [5.41, 5.74) is 6.97. The fourth-order valence-corrected chi connectivity index (χ4v) is 6.28. The van der Waals surface area contributed by atoms with E-state index in [9.17, 15) is 14.9 Å². The Morgan fingerprint density at radius 2 is 1.37 bits per heavy atom. The lowest BCUT2D eigenvalue weighted by atomic mass is 10.1. The second kappa shape index (κ2) is 25.2. The summed E-state index contributed by atoms with van der Waals surface area (Å²) in [6, 6.07) is 9.00. The minimum Gasteiger partial charge on any atom is -0.495 e. The number of benzene rings is 2. The minimum atomic E-state index is -0.388. The number of pyridine rings is 1. The van der Waals surface area contributed by atoms with E-state index >= 15 is 0 Å². The van der Waals surface area contributed by atoms with Crippen molar-refractivity contribution in [3.63, 3.8) is 0 Å². The van der Waals surface area contributed by atoms with Crippen molar-refractivity contribution in [1.29, 1.82) is 5.26 Å². The van der Waals surface area contributed by atoms with Crippen LogP contribution in [-0.2, 0) is 33.3 Å². The fourth-order valence-electron chi connectivity index (χ4n) is 5.77. The molecule has 1 saturated heterocycles. The fraction of sp³-hybridized carbons (Fsp3) is 0.538. The Labute approximate surface area is 343 Å². The molecule has 3 N–H and O–H groups in total. The van der Waals surface area contributed by atoms with Crippen molar-refractivity contribution in [3.8, 4) is 23.3 Å². The molecule has 4 rings (SSSR count). The first-order valence-electron chi connectivity index (χ1n) is 18.7. The van der Waals surface area contributed by atoms with E-state index in [4.69, 9.17) is 66.8 Å². The molecule has 1 aliphatic rings. The third kappa shape index (κ3) is 15.3. The van der Waals surface area contributed by atoms with Gasteiger partial charge in [-0.05, 0) is 18.6 Å². The number of carbonyl (C=O) groups is 2. The number of carbonyl (C=O) groups excluding carboxylic acids is 2. The topological polar surface area (TPSA) is 189 Å². The highest BCUT2D eigenvalue weighted by Gasteiger charge is 2.21. The number of ether oxygens (including phenoxy) is 8. The SMILES string of the molecule is COc1cc(Nc2c(C#N)cnc3cc(OCCCN4CCN(C(=O)CCOCCOCCOCCOCCOCCC(N)=O)CC4)c(OC)cc23)c(Cl)cc1Cl. The molecule has 3 aromatic rings. The number of amides is 2. The number of fused-ring (bicyclic) bond motifs is 1. The molecular weight excluding hydrogens is 783 g/mol. The number of hydrogen-bond donors (Lipinski definition) is 2. The average Bonchev–Trinajstić information content (AvgIpc) is 3.21. The molecule has 2 heterocycles. The number of nitrogens with zero attached hydrogens (tertiary/aromatic N) is 4. The zero-order valence-electron chi connectivity index (χ0n) is 32.5. The number of piperazine rings is 1. The second-order valence-corrected chi connectivity index (χ2v) is 13.5.